The molecule has 0 radical (unpaired) electrons. The molecule has 1 aliphatic rings. The third-order valence-corrected chi connectivity index (χ3v) is 5.02. The van der Waals surface area contributed by atoms with Crippen LogP contribution in [0.2, 0.25) is 0 Å². The first kappa shape index (κ1) is 16.0. The number of benzene rings is 2. The third kappa shape index (κ3) is 3.23. The Morgan fingerprint density at radius 2 is 1.96 bits per heavy atom. The summed E-state index contributed by atoms with van der Waals surface area (Å²) in [5.74, 6) is 0.432. The molecule has 0 saturated carbocycles. The zero-order valence-electron chi connectivity index (χ0n) is 12.5. The van der Waals surface area contributed by atoms with Gasteiger partial charge in [0.2, 0.25) is 0 Å². The monoisotopic (exact) mass is 353 g/mol. The van der Waals surface area contributed by atoms with Crippen molar-refractivity contribution < 1.29 is 17.9 Å². The Labute approximate surface area is 139 Å². The number of halogens is 1. The van der Waals surface area contributed by atoms with Crippen LogP contribution >= 0.6 is 10.7 Å². The van der Waals surface area contributed by atoms with E-state index in [1.165, 1.54) is 7.11 Å². The number of nitrogens with zero attached hydrogens (tertiary/aromatic N) is 1. The van der Waals surface area contributed by atoms with Gasteiger partial charge in [0.25, 0.3) is 9.05 Å². The summed E-state index contributed by atoms with van der Waals surface area (Å²) in [5.41, 5.74) is 1.83. The Morgan fingerprint density at radius 1 is 1.22 bits per heavy atom. The molecule has 1 aliphatic heterocycles. The molecule has 0 atom stereocenters. The average molecular weight is 354 g/mol. The fraction of sp³-hybridized carbons (Fsp3) is 0.250. The van der Waals surface area contributed by atoms with Gasteiger partial charge >= 0.3 is 0 Å². The van der Waals surface area contributed by atoms with Gasteiger partial charge in [0, 0.05) is 17.2 Å². The van der Waals surface area contributed by atoms with E-state index < -0.39 is 9.05 Å². The molecular formula is C16H16ClNO4S. The lowest BCUT2D eigenvalue weighted by atomic mass is 10.1. The fourth-order valence-electron chi connectivity index (χ4n) is 2.66. The van der Waals surface area contributed by atoms with E-state index in [1.54, 1.807) is 12.1 Å². The molecule has 23 heavy (non-hydrogen) atoms. The van der Waals surface area contributed by atoms with Crippen LogP contribution in [-0.4, -0.2) is 28.7 Å². The smallest absolute Gasteiger partial charge is 0.268 e. The molecule has 0 N–H and O–H groups in total. The molecule has 0 saturated heterocycles. The van der Waals surface area contributed by atoms with Crippen LogP contribution in [0.5, 0.6) is 11.5 Å². The number of hydrogen-bond donors (Lipinski definition) is 0. The number of ether oxygens (including phenoxy) is 2. The lowest BCUT2D eigenvalue weighted by molar-refractivity contribution is 0.293. The molecule has 0 amide bonds. The van der Waals surface area contributed by atoms with E-state index in [0.29, 0.717) is 25.4 Å². The van der Waals surface area contributed by atoms with Crippen molar-refractivity contribution >= 4 is 25.4 Å². The highest BCUT2D eigenvalue weighted by molar-refractivity contribution is 8.14. The van der Waals surface area contributed by atoms with Gasteiger partial charge in [0.05, 0.1) is 19.3 Å². The fourth-order valence-corrected chi connectivity index (χ4v) is 3.88. The van der Waals surface area contributed by atoms with Crippen molar-refractivity contribution in [3.63, 3.8) is 0 Å². The Hall–Kier alpha value is -1.92. The number of hydrogen-bond acceptors (Lipinski definition) is 5. The quantitative estimate of drug-likeness (QED) is 0.791. The maximum Gasteiger partial charge on any atom is 0.268 e. The van der Waals surface area contributed by atoms with E-state index in [0.717, 1.165) is 5.56 Å². The summed E-state index contributed by atoms with van der Waals surface area (Å²) in [6.07, 6.45) is 0. The minimum absolute atomic E-state index is 0.114. The van der Waals surface area contributed by atoms with Crippen molar-refractivity contribution in [2.24, 2.45) is 0 Å². The van der Waals surface area contributed by atoms with Gasteiger partial charge in [0.15, 0.2) is 10.6 Å². The number of rotatable bonds is 4. The van der Waals surface area contributed by atoms with E-state index in [2.05, 4.69) is 4.90 Å². The van der Waals surface area contributed by atoms with E-state index in [1.807, 2.05) is 30.3 Å². The normalized spacial score (nSPS) is 14.1. The zero-order valence-corrected chi connectivity index (χ0v) is 14.1. The first-order valence-electron chi connectivity index (χ1n) is 7.08. The average Bonchev–Trinajstić information content (AvgIpc) is 2.54. The van der Waals surface area contributed by atoms with Crippen LogP contribution in [-0.2, 0) is 15.6 Å². The topological polar surface area (TPSA) is 55.8 Å². The van der Waals surface area contributed by atoms with Gasteiger partial charge in [-0.15, -0.1) is 0 Å². The van der Waals surface area contributed by atoms with Gasteiger partial charge < -0.3 is 14.4 Å². The van der Waals surface area contributed by atoms with Crippen molar-refractivity contribution in [3.05, 3.63) is 48.0 Å². The SMILES string of the molecule is COc1ccc2c(c1S(=O)(=O)Cl)OCCN2Cc1ccccc1. The molecule has 0 aromatic heterocycles. The molecule has 0 fully saturated rings. The highest BCUT2D eigenvalue weighted by Gasteiger charge is 2.30. The van der Waals surface area contributed by atoms with Crippen molar-refractivity contribution in [2.45, 2.75) is 11.4 Å². The second-order valence-corrected chi connectivity index (χ2v) is 7.64. The molecule has 0 unspecified atom stereocenters. The van der Waals surface area contributed by atoms with Gasteiger partial charge in [0.1, 0.15) is 12.4 Å². The van der Waals surface area contributed by atoms with Crippen LogP contribution in [0.4, 0.5) is 5.69 Å². The molecule has 0 bridgehead atoms. The van der Waals surface area contributed by atoms with E-state index in [-0.39, 0.29) is 16.4 Å². The predicted octanol–water partition coefficient (Wildman–Crippen LogP) is 3.02. The van der Waals surface area contributed by atoms with Gasteiger partial charge in [-0.2, -0.15) is 0 Å². The predicted molar refractivity (Wildman–Crippen MR) is 89.0 cm³/mol. The zero-order chi connectivity index (χ0) is 16.4. The Morgan fingerprint density at radius 3 is 2.61 bits per heavy atom. The van der Waals surface area contributed by atoms with Crippen LogP contribution < -0.4 is 14.4 Å². The van der Waals surface area contributed by atoms with E-state index in [4.69, 9.17) is 20.2 Å². The van der Waals surface area contributed by atoms with Crippen LogP contribution in [0.1, 0.15) is 5.56 Å². The molecule has 0 spiro atoms. The lowest BCUT2D eigenvalue weighted by Gasteiger charge is -2.32. The molecule has 1 heterocycles. The molecule has 122 valence electrons. The Balaban J connectivity index is 2.06. The molecule has 3 rings (SSSR count). The van der Waals surface area contributed by atoms with Crippen molar-refractivity contribution in [1.82, 2.24) is 0 Å². The molecule has 2 aromatic rings. The van der Waals surface area contributed by atoms with Crippen LogP contribution in [0.3, 0.4) is 0 Å². The molecule has 0 aliphatic carbocycles. The lowest BCUT2D eigenvalue weighted by Crippen LogP contribution is -2.32. The summed E-state index contributed by atoms with van der Waals surface area (Å²) < 4.78 is 34.6. The maximum absolute atomic E-state index is 11.9. The second kappa shape index (κ2) is 6.29. The van der Waals surface area contributed by atoms with Crippen LogP contribution in [0.25, 0.3) is 0 Å². The number of fused-ring (bicyclic) bond motifs is 1. The van der Waals surface area contributed by atoms with Gasteiger partial charge in [-0.1, -0.05) is 30.3 Å². The highest BCUT2D eigenvalue weighted by Crippen LogP contribution is 2.44. The second-order valence-electron chi connectivity index (χ2n) is 5.14. The highest BCUT2D eigenvalue weighted by atomic mass is 35.7. The van der Waals surface area contributed by atoms with Crippen LogP contribution in [0, 0.1) is 0 Å². The van der Waals surface area contributed by atoms with Crippen molar-refractivity contribution in [2.75, 3.05) is 25.2 Å². The summed E-state index contributed by atoms with van der Waals surface area (Å²) in [7, 11) is 2.99. The molecular weight excluding hydrogens is 338 g/mol. The largest absolute Gasteiger partial charge is 0.495 e. The minimum atomic E-state index is -3.99. The Kier molecular flexibility index (Phi) is 4.37. The standard InChI is InChI=1S/C16H16ClNO4S/c1-21-14-8-7-13-15(16(14)23(17,19)20)22-10-9-18(13)11-12-5-3-2-4-6-12/h2-8H,9-11H2,1H3. The van der Waals surface area contributed by atoms with E-state index >= 15 is 0 Å². The Bertz CT molecular complexity index is 808. The summed E-state index contributed by atoms with van der Waals surface area (Å²) in [4.78, 5) is 1.95. The van der Waals surface area contributed by atoms with Gasteiger partial charge in [-0.25, -0.2) is 8.42 Å². The van der Waals surface area contributed by atoms with Crippen molar-refractivity contribution in [3.8, 4) is 11.5 Å². The first-order chi connectivity index (χ1) is 11.0. The molecule has 5 nitrogen and oxygen atoms in total. The van der Waals surface area contributed by atoms with E-state index in [9.17, 15) is 8.42 Å². The summed E-state index contributed by atoms with van der Waals surface area (Å²) in [6, 6.07) is 13.3. The summed E-state index contributed by atoms with van der Waals surface area (Å²) in [5, 5.41) is 0. The number of anilines is 1. The first-order valence-corrected chi connectivity index (χ1v) is 9.39. The summed E-state index contributed by atoms with van der Waals surface area (Å²) in [6.45, 7) is 1.70. The van der Waals surface area contributed by atoms with Crippen LogP contribution in [0.15, 0.2) is 47.4 Å². The molecule has 7 heteroatoms. The van der Waals surface area contributed by atoms with Crippen molar-refractivity contribution in [1.29, 1.82) is 0 Å². The maximum atomic E-state index is 11.9. The molecule has 2 aromatic carbocycles. The minimum Gasteiger partial charge on any atom is -0.495 e. The van der Waals surface area contributed by atoms with Gasteiger partial charge in [-0.3, -0.25) is 0 Å². The third-order valence-electron chi connectivity index (χ3n) is 3.68. The van der Waals surface area contributed by atoms with Gasteiger partial charge in [-0.05, 0) is 17.7 Å². The summed E-state index contributed by atoms with van der Waals surface area (Å²) >= 11 is 0. The number of methoxy groups -OCH3 is 1.